The Labute approximate surface area is 97.2 Å². The van der Waals surface area contributed by atoms with Gasteiger partial charge in [-0.2, -0.15) is 0 Å². The minimum absolute atomic E-state index is 0.0965. The monoisotopic (exact) mass is 236 g/mol. The van der Waals surface area contributed by atoms with Gasteiger partial charge in [-0.05, 0) is 17.7 Å². The summed E-state index contributed by atoms with van der Waals surface area (Å²) >= 11 is 5.78. The van der Waals surface area contributed by atoms with E-state index >= 15 is 0 Å². The molecule has 4 nitrogen and oxygen atoms in total. The number of aromatic nitrogens is 2. The van der Waals surface area contributed by atoms with Crippen molar-refractivity contribution in [3.63, 3.8) is 0 Å². The van der Waals surface area contributed by atoms with Gasteiger partial charge < -0.3 is 4.74 Å². The van der Waals surface area contributed by atoms with Gasteiger partial charge in [0.05, 0.1) is 24.7 Å². The van der Waals surface area contributed by atoms with Crippen LogP contribution >= 0.6 is 11.6 Å². The summed E-state index contributed by atoms with van der Waals surface area (Å²) in [7, 11) is 1.34. The SMILES string of the molecule is COC(=O)Cc1nc(Cl)nc2ccccc12. The molecule has 0 aliphatic rings. The lowest BCUT2D eigenvalue weighted by Crippen LogP contribution is -2.07. The summed E-state index contributed by atoms with van der Waals surface area (Å²) in [4.78, 5) is 19.3. The van der Waals surface area contributed by atoms with E-state index in [1.54, 1.807) is 0 Å². The number of esters is 1. The van der Waals surface area contributed by atoms with Crippen LogP contribution in [-0.4, -0.2) is 23.0 Å². The molecule has 0 bridgehead atoms. The molecule has 2 rings (SSSR count). The van der Waals surface area contributed by atoms with Crippen LogP contribution in [0.3, 0.4) is 0 Å². The standard InChI is InChI=1S/C11H9ClN2O2/c1-16-10(15)6-9-7-4-2-3-5-8(7)13-11(12)14-9/h2-5H,6H2,1H3. The molecule has 0 aliphatic heterocycles. The van der Waals surface area contributed by atoms with E-state index in [4.69, 9.17) is 11.6 Å². The van der Waals surface area contributed by atoms with E-state index in [0.717, 1.165) is 10.9 Å². The van der Waals surface area contributed by atoms with Crippen LogP contribution in [0.15, 0.2) is 24.3 Å². The predicted molar refractivity (Wildman–Crippen MR) is 60.3 cm³/mol. The van der Waals surface area contributed by atoms with Crippen molar-refractivity contribution in [1.82, 2.24) is 9.97 Å². The van der Waals surface area contributed by atoms with Crippen molar-refractivity contribution < 1.29 is 9.53 Å². The second-order valence-electron chi connectivity index (χ2n) is 3.21. The van der Waals surface area contributed by atoms with Gasteiger partial charge in [0.25, 0.3) is 0 Å². The van der Waals surface area contributed by atoms with Crippen molar-refractivity contribution >= 4 is 28.5 Å². The molecule has 0 aliphatic carbocycles. The number of benzene rings is 1. The van der Waals surface area contributed by atoms with Crippen LogP contribution in [0, 0.1) is 0 Å². The Bertz CT molecular complexity index is 542. The number of hydrogen-bond donors (Lipinski definition) is 0. The fourth-order valence-electron chi connectivity index (χ4n) is 1.45. The van der Waals surface area contributed by atoms with Crippen LogP contribution in [0.2, 0.25) is 5.28 Å². The molecule has 0 amide bonds. The third kappa shape index (κ3) is 2.12. The van der Waals surface area contributed by atoms with Crippen molar-refractivity contribution in [2.45, 2.75) is 6.42 Å². The zero-order chi connectivity index (χ0) is 11.5. The fraction of sp³-hybridized carbons (Fsp3) is 0.182. The first-order valence-electron chi connectivity index (χ1n) is 4.68. The van der Waals surface area contributed by atoms with Crippen molar-refractivity contribution in [3.8, 4) is 0 Å². The molecule has 1 aromatic carbocycles. The maximum Gasteiger partial charge on any atom is 0.311 e. The number of fused-ring (bicyclic) bond motifs is 1. The van der Waals surface area contributed by atoms with Gasteiger partial charge in [-0.3, -0.25) is 4.79 Å². The van der Waals surface area contributed by atoms with Gasteiger partial charge in [0.1, 0.15) is 0 Å². The first-order chi connectivity index (χ1) is 7.70. The van der Waals surface area contributed by atoms with Crippen molar-refractivity contribution in [1.29, 1.82) is 0 Å². The zero-order valence-corrected chi connectivity index (χ0v) is 9.36. The largest absolute Gasteiger partial charge is 0.469 e. The van der Waals surface area contributed by atoms with Crippen LogP contribution in [0.25, 0.3) is 10.9 Å². The Morgan fingerprint density at radius 3 is 2.88 bits per heavy atom. The summed E-state index contributed by atoms with van der Waals surface area (Å²) in [6.07, 6.45) is 0.0965. The van der Waals surface area contributed by atoms with Crippen LogP contribution in [-0.2, 0) is 16.0 Å². The molecule has 0 saturated carbocycles. The van der Waals surface area contributed by atoms with Gasteiger partial charge in [-0.1, -0.05) is 18.2 Å². The maximum absolute atomic E-state index is 11.2. The lowest BCUT2D eigenvalue weighted by atomic mass is 10.1. The van der Waals surface area contributed by atoms with E-state index in [9.17, 15) is 4.79 Å². The van der Waals surface area contributed by atoms with Crippen LogP contribution in [0.1, 0.15) is 5.69 Å². The van der Waals surface area contributed by atoms with E-state index < -0.39 is 0 Å². The summed E-state index contributed by atoms with van der Waals surface area (Å²) in [5, 5.41) is 0.954. The number of nitrogens with zero attached hydrogens (tertiary/aromatic N) is 2. The number of hydrogen-bond acceptors (Lipinski definition) is 4. The molecule has 5 heteroatoms. The molecule has 1 aromatic heterocycles. The molecule has 0 fully saturated rings. The first kappa shape index (κ1) is 10.8. The Morgan fingerprint density at radius 1 is 1.38 bits per heavy atom. The highest BCUT2D eigenvalue weighted by Crippen LogP contribution is 2.18. The van der Waals surface area contributed by atoms with Crippen molar-refractivity contribution in [2.24, 2.45) is 0 Å². The average Bonchev–Trinajstić information content (AvgIpc) is 2.28. The average molecular weight is 237 g/mol. The molecule has 0 radical (unpaired) electrons. The lowest BCUT2D eigenvalue weighted by molar-refractivity contribution is -0.139. The minimum Gasteiger partial charge on any atom is -0.469 e. The summed E-state index contributed by atoms with van der Waals surface area (Å²) in [6.45, 7) is 0. The van der Waals surface area contributed by atoms with Gasteiger partial charge in [-0.15, -0.1) is 0 Å². The second-order valence-corrected chi connectivity index (χ2v) is 3.55. The van der Waals surface area contributed by atoms with E-state index in [0.29, 0.717) is 5.69 Å². The van der Waals surface area contributed by atoms with Crippen LogP contribution in [0.5, 0.6) is 0 Å². The fourth-order valence-corrected chi connectivity index (χ4v) is 1.65. The molecule has 0 atom stereocenters. The third-order valence-corrected chi connectivity index (χ3v) is 2.36. The summed E-state index contributed by atoms with van der Waals surface area (Å²) in [5.41, 5.74) is 1.31. The molecular formula is C11H9ClN2O2. The Kier molecular flexibility index (Phi) is 3.01. The first-order valence-corrected chi connectivity index (χ1v) is 5.06. The maximum atomic E-state index is 11.2. The van der Waals surface area contributed by atoms with Gasteiger partial charge in [0.2, 0.25) is 5.28 Å². The molecule has 1 heterocycles. The lowest BCUT2D eigenvalue weighted by Gasteiger charge is -2.04. The van der Waals surface area contributed by atoms with E-state index in [2.05, 4.69) is 14.7 Å². The molecule has 82 valence electrons. The number of para-hydroxylation sites is 1. The van der Waals surface area contributed by atoms with Crippen molar-refractivity contribution in [3.05, 3.63) is 35.2 Å². The number of rotatable bonds is 2. The van der Waals surface area contributed by atoms with Crippen LogP contribution < -0.4 is 0 Å². The number of ether oxygens (including phenoxy) is 1. The molecule has 0 unspecified atom stereocenters. The minimum atomic E-state index is -0.347. The zero-order valence-electron chi connectivity index (χ0n) is 8.61. The Balaban J connectivity index is 2.54. The quantitative estimate of drug-likeness (QED) is 0.591. The molecule has 0 spiro atoms. The van der Waals surface area contributed by atoms with Crippen LogP contribution in [0.4, 0.5) is 0 Å². The van der Waals surface area contributed by atoms with Gasteiger partial charge in [0.15, 0.2) is 0 Å². The van der Waals surface area contributed by atoms with Gasteiger partial charge >= 0.3 is 5.97 Å². The molecule has 16 heavy (non-hydrogen) atoms. The molecular weight excluding hydrogens is 228 g/mol. The summed E-state index contributed by atoms with van der Waals surface area (Å²) in [6, 6.07) is 7.39. The Hall–Kier alpha value is -1.68. The topological polar surface area (TPSA) is 52.1 Å². The highest BCUT2D eigenvalue weighted by atomic mass is 35.5. The van der Waals surface area contributed by atoms with E-state index in [1.807, 2.05) is 24.3 Å². The van der Waals surface area contributed by atoms with E-state index in [-0.39, 0.29) is 17.7 Å². The number of carbonyl (C=O) groups excluding carboxylic acids is 1. The highest BCUT2D eigenvalue weighted by Gasteiger charge is 2.10. The smallest absolute Gasteiger partial charge is 0.311 e. The molecule has 2 aromatic rings. The third-order valence-electron chi connectivity index (χ3n) is 2.19. The summed E-state index contributed by atoms with van der Waals surface area (Å²) < 4.78 is 4.60. The summed E-state index contributed by atoms with van der Waals surface area (Å²) in [5.74, 6) is -0.347. The van der Waals surface area contributed by atoms with Gasteiger partial charge in [0, 0.05) is 5.39 Å². The molecule has 0 N–H and O–H groups in total. The van der Waals surface area contributed by atoms with Gasteiger partial charge in [-0.25, -0.2) is 9.97 Å². The normalized spacial score (nSPS) is 10.4. The number of methoxy groups -OCH3 is 1. The number of halogens is 1. The second kappa shape index (κ2) is 4.45. The van der Waals surface area contributed by atoms with Crippen molar-refractivity contribution in [2.75, 3.05) is 7.11 Å². The molecule has 0 saturated heterocycles. The predicted octanol–water partition coefficient (Wildman–Crippen LogP) is 2.00. The highest BCUT2D eigenvalue weighted by molar-refractivity contribution is 6.28. The van der Waals surface area contributed by atoms with E-state index in [1.165, 1.54) is 7.11 Å². The number of carbonyl (C=O) groups is 1. The Morgan fingerprint density at radius 2 is 2.12 bits per heavy atom.